The molecular weight excluding hydrogens is 312 g/mol. The Labute approximate surface area is 139 Å². The summed E-state index contributed by atoms with van der Waals surface area (Å²) in [7, 11) is 1.81. The molecule has 122 valence electrons. The van der Waals surface area contributed by atoms with Crippen molar-refractivity contribution < 1.29 is 14.3 Å². The molecular formula is C17H20N2O3S. The van der Waals surface area contributed by atoms with Gasteiger partial charge in [0.1, 0.15) is 0 Å². The van der Waals surface area contributed by atoms with Crippen LogP contribution in [0.1, 0.15) is 36.0 Å². The Morgan fingerprint density at radius 2 is 2.13 bits per heavy atom. The standard InChI is InChI=1S/C17H20N2O3S/c1-11(2)17-18-13(9-23-17)7-16(20)19(3)8-12-4-5-14-15(6-12)22-10-21-14/h4-6,9,11H,7-8,10H2,1-3H3. The summed E-state index contributed by atoms with van der Waals surface area (Å²) in [5.74, 6) is 1.95. The van der Waals surface area contributed by atoms with Gasteiger partial charge in [-0.1, -0.05) is 19.9 Å². The average molecular weight is 332 g/mol. The molecule has 0 spiro atoms. The zero-order valence-corrected chi connectivity index (χ0v) is 14.4. The monoisotopic (exact) mass is 332 g/mol. The first-order chi connectivity index (χ1) is 11.0. The van der Waals surface area contributed by atoms with Crippen molar-refractivity contribution in [2.24, 2.45) is 0 Å². The third-order valence-electron chi connectivity index (χ3n) is 3.68. The second-order valence-corrected chi connectivity index (χ2v) is 6.84. The molecule has 0 radical (unpaired) electrons. The molecule has 1 aromatic carbocycles. The van der Waals surface area contributed by atoms with Crippen LogP contribution in [0.5, 0.6) is 11.5 Å². The predicted octanol–water partition coefficient (Wildman–Crippen LogP) is 3.20. The van der Waals surface area contributed by atoms with Crippen molar-refractivity contribution in [3.05, 3.63) is 39.8 Å². The number of nitrogens with zero attached hydrogens (tertiary/aromatic N) is 2. The molecule has 0 saturated carbocycles. The molecule has 1 amide bonds. The van der Waals surface area contributed by atoms with Crippen molar-refractivity contribution in [2.45, 2.75) is 32.7 Å². The summed E-state index contributed by atoms with van der Waals surface area (Å²) in [6.07, 6.45) is 0.338. The van der Waals surface area contributed by atoms with E-state index in [0.29, 0.717) is 18.9 Å². The molecule has 0 atom stereocenters. The van der Waals surface area contributed by atoms with E-state index in [1.165, 1.54) is 0 Å². The average Bonchev–Trinajstić information content (AvgIpc) is 3.15. The Kier molecular flexibility index (Phi) is 4.52. The van der Waals surface area contributed by atoms with E-state index in [1.54, 1.807) is 16.2 Å². The molecule has 23 heavy (non-hydrogen) atoms. The van der Waals surface area contributed by atoms with Gasteiger partial charge in [0.25, 0.3) is 0 Å². The number of carbonyl (C=O) groups excluding carboxylic acids is 1. The Balaban J connectivity index is 1.60. The third-order valence-corrected chi connectivity index (χ3v) is 4.87. The van der Waals surface area contributed by atoms with Gasteiger partial charge in [-0.05, 0) is 17.7 Å². The lowest BCUT2D eigenvalue weighted by Gasteiger charge is -2.17. The van der Waals surface area contributed by atoms with Crippen LogP contribution in [0.3, 0.4) is 0 Å². The van der Waals surface area contributed by atoms with Gasteiger partial charge in [-0.3, -0.25) is 4.79 Å². The van der Waals surface area contributed by atoms with Crippen LogP contribution in [-0.2, 0) is 17.8 Å². The van der Waals surface area contributed by atoms with E-state index in [1.807, 2.05) is 30.6 Å². The number of likely N-dealkylation sites (N-methyl/N-ethyl adjacent to an activating group) is 1. The number of hydrogen-bond donors (Lipinski definition) is 0. The van der Waals surface area contributed by atoms with Gasteiger partial charge >= 0.3 is 0 Å². The molecule has 1 aliphatic rings. The summed E-state index contributed by atoms with van der Waals surface area (Å²) in [6.45, 7) is 5.01. The number of hydrogen-bond acceptors (Lipinski definition) is 5. The highest BCUT2D eigenvalue weighted by Gasteiger charge is 2.16. The first kappa shape index (κ1) is 15.8. The molecule has 1 aromatic heterocycles. The Hall–Kier alpha value is -2.08. The number of amides is 1. The van der Waals surface area contributed by atoms with E-state index in [4.69, 9.17) is 9.47 Å². The number of fused-ring (bicyclic) bond motifs is 1. The molecule has 0 aliphatic carbocycles. The number of thiazole rings is 1. The molecule has 1 aliphatic heterocycles. The summed E-state index contributed by atoms with van der Waals surface area (Å²) in [5.41, 5.74) is 1.87. The van der Waals surface area contributed by atoms with Crippen LogP contribution in [0.25, 0.3) is 0 Å². The van der Waals surface area contributed by atoms with Crippen molar-refractivity contribution in [1.29, 1.82) is 0 Å². The minimum atomic E-state index is 0.0586. The number of ether oxygens (including phenoxy) is 2. The predicted molar refractivity (Wildman–Crippen MR) is 88.9 cm³/mol. The van der Waals surface area contributed by atoms with Gasteiger partial charge in [0.05, 0.1) is 17.1 Å². The lowest BCUT2D eigenvalue weighted by atomic mass is 10.2. The quantitative estimate of drug-likeness (QED) is 0.844. The largest absolute Gasteiger partial charge is 0.454 e. The maximum absolute atomic E-state index is 12.4. The van der Waals surface area contributed by atoms with E-state index in [-0.39, 0.29) is 12.7 Å². The fraction of sp³-hybridized carbons (Fsp3) is 0.412. The maximum Gasteiger partial charge on any atom is 0.231 e. The minimum Gasteiger partial charge on any atom is -0.454 e. The fourth-order valence-electron chi connectivity index (χ4n) is 2.36. The van der Waals surface area contributed by atoms with E-state index in [0.717, 1.165) is 27.8 Å². The van der Waals surface area contributed by atoms with Crippen LogP contribution in [0, 0.1) is 0 Å². The van der Waals surface area contributed by atoms with Gasteiger partial charge in [0.15, 0.2) is 11.5 Å². The van der Waals surface area contributed by atoms with Crippen LogP contribution in [-0.4, -0.2) is 29.6 Å². The van der Waals surface area contributed by atoms with Crippen LogP contribution in [0.2, 0.25) is 0 Å². The van der Waals surface area contributed by atoms with Crippen molar-refractivity contribution >= 4 is 17.2 Å². The maximum atomic E-state index is 12.4. The summed E-state index contributed by atoms with van der Waals surface area (Å²) in [6, 6.07) is 5.76. The van der Waals surface area contributed by atoms with Gasteiger partial charge < -0.3 is 14.4 Å². The van der Waals surface area contributed by atoms with Gasteiger partial charge in [-0.2, -0.15) is 0 Å². The molecule has 0 fully saturated rings. The highest BCUT2D eigenvalue weighted by atomic mass is 32.1. The molecule has 6 heteroatoms. The summed E-state index contributed by atoms with van der Waals surface area (Å²) < 4.78 is 10.7. The summed E-state index contributed by atoms with van der Waals surface area (Å²) in [5, 5.41) is 3.05. The first-order valence-electron chi connectivity index (χ1n) is 7.59. The highest BCUT2D eigenvalue weighted by molar-refractivity contribution is 7.09. The molecule has 0 N–H and O–H groups in total. The smallest absolute Gasteiger partial charge is 0.231 e. The second-order valence-electron chi connectivity index (χ2n) is 5.95. The normalized spacial score (nSPS) is 12.7. The van der Waals surface area contributed by atoms with Crippen LogP contribution >= 0.6 is 11.3 Å². The third kappa shape index (κ3) is 3.64. The number of benzene rings is 1. The summed E-state index contributed by atoms with van der Waals surface area (Å²) in [4.78, 5) is 18.6. The lowest BCUT2D eigenvalue weighted by Crippen LogP contribution is -2.27. The topological polar surface area (TPSA) is 51.7 Å². The van der Waals surface area contributed by atoms with Crippen molar-refractivity contribution in [1.82, 2.24) is 9.88 Å². The van der Waals surface area contributed by atoms with E-state index in [2.05, 4.69) is 18.8 Å². The Morgan fingerprint density at radius 1 is 1.35 bits per heavy atom. The molecule has 0 saturated heterocycles. The van der Waals surface area contributed by atoms with Gasteiger partial charge in [0.2, 0.25) is 12.7 Å². The minimum absolute atomic E-state index is 0.0586. The summed E-state index contributed by atoms with van der Waals surface area (Å²) >= 11 is 1.62. The van der Waals surface area contributed by atoms with Crippen LogP contribution in [0.4, 0.5) is 0 Å². The van der Waals surface area contributed by atoms with Gasteiger partial charge in [0, 0.05) is 24.9 Å². The Morgan fingerprint density at radius 3 is 2.87 bits per heavy atom. The first-order valence-corrected chi connectivity index (χ1v) is 8.47. The van der Waals surface area contributed by atoms with Gasteiger partial charge in [-0.25, -0.2) is 4.98 Å². The molecule has 2 heterocycles. The Bertz CT molecular complexity index is 712. The van der Waals surface area contributed by atoms with Crippen LogP contribution in [0.15, 0.2) is 23.6 Å². The van der Waals surface area contributed by atoms with Crippen LogP contribution < -0.4 is 9.47 Å². The molecule has 2 aromatic rings. The van der Waals surface area contributed by atoms with Crippen molar-refractivity contribution in [2.75, 3.05) is 13.8 Å². The highest BCUT2D eigenvalue weighted by Crippen LogP contribution is 2.32. The number of aromatic nitrogens is 1. The number of carbonyl (C=O) groups is 1. The lowest BCUT2D eigenvalue weighted by molar-refractivity contribution is -0.129. The fourth-order valence-corrected chi connectivity index (χ4v) is 3.20. The van der Waals surface area contributed by atoms with Gasteiger partial charge in [-0.15, -0.1) is 11.3 Å². The van der Waals surface area contributed by atoms with Crippen molar-refractivity contribution in [3.63, 3.8) is 0 Å². The zero-order valence-electron chi connectivity index (χ0n) is 13.5. The molecule has 5 nitrogen and oxygen atoms in total. The second kappa shape index (κ2) is 6.58. The van der Waals surface area contributed by atoms with E-state index < -0.39 is 0 Å². The number of rotatable bonds is 5. The SMILES string of the molecule is CC(C)c1nc(CC(=O)N(C)Cc2ccc3c(c2)OCO3)cs1. The molecule has 0 unspecified atom stereocenters. The van der Waals surface area contributed by atoms with E-state index >= 15 is 0 Å². The van der Waals surface area contributed by atoms with Crippen molar-refractivity contribution in [3.8, 4) is 11.5 Å². The zero-order chi connectivity index (χ0) is 16.4. The molecule has 0 bridgehead atoms. The molecule has 3 rings (SSSR count). The van der Waals surface area contributed by atoms with E-state index in [9.17, 15) is 4.79 Å².